The van der Waals surface area contributed by atoms with Crippen molar-refractivity contribution < 1.29 is 9.47 Å². The number of fused-ring (bicyclic) bond motifs is 1. The highest BCUT2D eigenvalue weighted by Crippen LogP contribution is 2.34. The number of para-hydroxylation sites is 1. The summed E-state index contributed by atoms with van der Waals surface area (Å²) in [5.41, 5.74) is 1.60. The van der Waals surface area contributed by atoms with Gasteiger partial charge in [-0.25, -0.2) is 4.98 Å². The van der Waals surface area contributed by atoms with Crippen LogP contribution in [0.4, 0.5) is 0 Å². The summed E-state index contributed by atoms with van der Waals surface area (Å²) in [5.74, 6) is 1.58. The van der Waals surface area contributed by atoms with Crippen molar-refractivity contribution in [1.29, 1.82) is 0 Å². The quantitative estimate of drug-likeness (QED) is 0.789. The van der Waals surface area contributed by atoms with E-state index in [1.807, 2.05) is 25.1 Å². The zero-order valence-corrected chi connectivity index (χ0v) is 13.4. The summed E-state index contributed by atoms with van der Waals surface area (Å²) in [5, 5.41) is -0.191. The summed E-state index contributed by atoms with van der Waals surface area (Å²) >= 11 is 6.32. The molecule has 0 saturated heterocycles. The summed E-state index contributed by atoms with van der Waals surface area (Å²) in [6.07, 6.45) is 0. The Morgan fingerprint density at radius 2 is 2.05 bits per heavy atom. The smallest absolute Gasteiger partial charge is 0.146 e. The Bertz CT molecular complexity index is 605. The van der Waals surface area contributed by atoms with E-state index in [1.165, 1.54) is 0 Å². The van der Waals surface area contributed by atoms with Crippen molar-refractivity contribution in [2.45, 2.75) is 31.7 Å². The third-order valence-electron chi connectivity index (χ3n) is 3.35. The molecule has 0 aliphatic rings. The fourth-order valence-electron chi connectivity index (χ4n) is 2.58. The maximum atomic E-state index is 6.32. The molecule has 1 aromatic carbocycles. The first kappa shape index (κ1) is 15.1. The van der Waals surface area contributed by atoms with Crippen molar-refractivity contribution in [3.8, 4) is 5.75 Å². The van der Waals surface area contributed by atoms with E-state index in [1.54, 1.807) is 14.2 Å². The lowest BCUT2D eigenvalue weighted by Gasteiger charge is -2.29. The van der Waals surface area contributed by atoms with E-state index in [-0.39, 0.29) is 10.9 Å². The minimum absolute atomic E-state index is 0.191. The van der Waals surface area contributed by atoms with Crippen LogP contribution in [-0.2, 0) is 10.3 Å². The average Bonchev–Trinajstić information content (AvgIpc) is 2.78. The number of aromatic nitrogens is 2. The van der Waals surface area contributed by atoms with Crippen LogP contribution in [-0.4, -0.2) is 30.4 Å². The number of alkyl halides is 1. The lowest BCUT2D eigenvalue weighted by Crippen LogP contribution is -2.33. The molecule has 1 heterocycles. The maximum absolute atomic E-state index is 6.32. The second-order valence-electron chi connectivity index (χ2n) is 5.49. The molecule has 5 heteroatoms. The summed E-state index contributed by atoms with van der Waals surface area (Å²) in [7, 11) is 3.35. The number of ether oxygens (including phenoxy) is 2. The molecule has 0 spiro atoms. The molecular formula is C15H21ClN2O2. The predicted octanol–water partition coefficient (Wildman–Crippen LogP) is 3.73. The van der Waals surface area contributed by atoms with Crippen molar-refractivity contribution in [2.24, 2.45) is 0 Å². The van der Waals surface area contributed by atoms with Gasteiger partial charge in [-0.05, 0) is 32.9 Å². The molecular weight excluding hydrogens is 276 g/mol. The number of benzene rings is 1. The van der Waals surface area contributed by atoms with Crippen molar-refractivity contribution in [3.63, 3.8) is 0 Å². The van der Waals surface area contributed by atoms with E-state index < -0.39 is 0 Å². The molecule has 110 valence electrons. The summed E-state index contributed by atoms with van der Waals surface area (Å²) < 4.78 is 12.9. The van der Waals surface area contributed by atoms with Gasteiger partial charge in [-0.2, -0.15) is 0 Å². The zero-order chi connectivity index (χ0) is 14.9. The molecule has 0 aliphatic heterocycles. The SMILES string of the molecule is COCC(C)(C)n1c(C(C)Cl)nc2c(OC)cccc21. The van der Waals surface area contributed by atoms with Gasteiger partial charge in [0.05, 0.1) is 30.1 Å². The topological polar surface area (TPSA) is 36.3 Å². The van der Waals surface area contributed by atoms with Crippen molar-refractivity contribution in [3.05, 3.63) is 24.0 Å². The van der Waals surface area contributed by atoms with Gasteiger partial charge in [0.2, 0.25) is 0 Å². The number of nitrogens with zero attached hydrogens (tertiary/aromatic N) is 2. The number of imidazole rings is 1. The molecule has 0 N–H and O–H groups in total. The Hall–Kier alpha value is -1.26. The lowest BCUT2D eigenvalue weighted by molar-refractivity contribution is 0.110. The summed E-state index contributed by atoms with van der Waals surface area (Å²) in [4.78, 5) is 4.68. The standard InChI is InChI=1S/C15H21ClN2O2/c1-10(16)14-17-13-11(7-6-8-12(13)20-5)18(14)15(2,3)9-19-4/h6-8,10H,9H2,1-5H3. The molecule has 20 heavy (non-hydrogen) atoms. The van der Waals surface area contributed by atoms with Crippen molar-refractivity contribution >= 4 is 22.6 Å². The monoisotopic (exact) mass is 296 g/mol. The lowest BCUT2D eigenvalue weighted by atomic mass is 10.1. The zero-order valence-electron chi connectivity index (χ0n) is 12.6. The third-order valence-corrected chi connectivity index (χ3v) is 3.55. The fourth-order valence-corrected chi connectivity index (χ4v) is 2.72. The number of rotatable bonds is 5. The molecule has 2 rings (SSSR count). The van der Waals surface area contributed by atoms with E-state index in [0.717, 1.165) is 22.6 Å². The second kappa shape index (κ2) is 5.62. The van der Waals surface area contributed by atoms with E-state index in [4.69, 9.17) is 21.1 Å². The minimum atomic E-state index is -0.242. The van der Waals surface area contributed by atoms with E-state index >= 15 is 0 Å². The Morgan fingerprint density at radius 1 is 1.35 bits per heavy atom. The van der Waals surface area contributed by atoms with Crippen molar-refractivity contribution in [1.82, 2.24) is 9.55 Å². The molecule has 0 amide bonds. The molecule has 0 radical (unpaired) electrons. The highest BCUT2D eigenvalue weighted by atomic mass is 35.5. The van der Waals surface area contributed by atoms with Crippen LogP contribution >= 0.6 is 11.6 Å². The first-order valence-electron chi connectivity index (χ1n) is 6.61. The Kier molecular flexibility index (Phi) is 4.25. The Balaban J connectivity index is 2.76. The van der Waals surface area contributed by atoms with E-state index in [0.29, 0.717) is 6.61 Å². The normalized spacial score (nSPS) is 13.7. The molecule has 0 fully saturated rings. The van der Waals surface area contributed by atoms with Crippen LogP contribution in [0.5, 0.6) is 5.75 Å². The number of hydrogen-bond acceptors (Lipinski definition) is 3. The highest BCUT2D eigenvalue weighted by molar-refractivity contribution is 6.20. The van der Waals surface area contributed by atoms with Gasteiger partial charge in [0.15, 0.2) is 0 Å². The van der Waals surface area contributed by atoms with Gasteiger partial charge < -0.3 is 14.0 Å². The molecule has 1 unspecified atom stereocenters. The Morgan fingerprint density at radius 3 is 2.60 bits per heavy atom. The van der Waals surface area contributed by atoms with Crippen LogP contribution in [0.1, 0.15) is 32.0 Å². The first-order chi connectivity index (χ1) is 9.42. The summed E-state index contributed by atoms with van der Waals surface area (Å²) in [6.45, 7) is 6.72. The van der Waals surface area contributed by atoms with E-state index in [2.05, 4.69) is 23.4 Å². The van der Waals surface area contributed by atoms with Crippen molar-refractivity contribution in [2.75, 3.05) is 20.8 Å². The molecule has 0 saturated carbocycles. The highest BCUT2D eigenvalue weighted by Gasteiger charge is 2.28. The van der Waals surface area contributed by atoms with Gasteiger partial charge in [0.25, 0.3) is 0 Å². The van der Waals surface area contributed by atoms with Gasteiger partial charge >= 0.3 is 0 Å². The molecule has 1 aromatic heterocycles. The van der Waals surface area contributed by atoms with Crippen LogP contribution in [0.15, 0.2) is 18.2 Å². The molecule has 0 aliphatic carbocycles. The second-order valence-corrected chi connectivity index (χ2v) is 6.15. The maximum Gasteiger partial charge on any atom is 0.146 e. The van der Waals surface area contributed by atoms with Crippen LogP contribution in [0, 0.1) is 0 Å². The van der Waals surface area contributed by atoms with Gasteiger partial charge in [0.1, 0.15) is 17.1 Å². The van der Waals surface area contributed by atoms with Gasteiger partial charge in [-0.3, -0.25) is 0 Å². The Labute approximate surface area is 124 Å². The van der Waals surface area contributed by atoms with E-state index in [9.17, 15) is 0 Å². The number of methoxy groups -OCH3 is 2. The molecule has 4 nitrogen and oxygen atoms in total. The van der Waals surface area contributed by atoms with Gasteiger partial charge in [0, 0.05) is 7.11 Å². The van der Waals surface area contributed by atoms with Gasteiger partial charge in [-0.1, -0.05) is 6.07 Å². The number of hydrogen-bond donors (Lipinski definition) is 0. The van der Waals surface area contributed by atoms with Crippen LogP contribution < -0.4 is 4.74 Å². The molecule has 2 aromatic rings. The largest absolute Gasteiger partial charge is 0.494 e. The first-order valence-corrected chi connectivity index (χ1v) is 7.05. The predicted molar refractivity (Wildman–Crippen MR) is 81.8 cm³/mol. The van der Waals surface area contributed by atoms with Crippen LogP contribution in [0.25, 0.3) is 11.0 Å². The fraction of sp³-hybridized carbons (Fsp3) is 0.533. The summed E-state index contributed by atoms with van der Waals surface area (Å²) in [6, 6.07) is 5.90. The van der Waals surface area contributed by atoms with Gasteiger partial charge in [-0.15, -0.1) is 11.6 Å². The van der Waals surface area contributed by atoms with Crippen LogP contribution in [0.2, 0.25) is 0 Å². The number of halogens is 1. The minimum Gasteiger partial charge on any atom is -0.494 e. The van der Waals surface area contributed by atoms with Crippen LogP contribution in [0.3, 0.4) is 0 Å². The average molecular weight is 297 g/mol. The third kappa shape index (κ3) is 2.50. The molecule has 1 atom stereocenters. The molecule has 0 bridgehead atoms.